The van der Waals surface area contributed by atoms with Crippen LogP contribution in [0, 0.1) is 12.8 Å². The molecule has 1 saturated heterocycles. The highest BCUT2D eigenvalue weighted by atomic mass is 16.5. The SMILES string of the molecule is C=C1OC(C(C)=O)C(CC)/C1=C/CC=NCC.CC.CCCCOCCC.CCc1cc(C)ccc1C=O. The van der Waals surface area contributed by atoms with Crippen LogP contribution in [0.15, 0.2) is 47.2 Å². The van der Waals surface area contributed by atoms with Gasteiger partial charge in [-0.05, 0) is 57.6 Å². The fourth-order valence-electron chi connectivity index (χ4n) is 3.77. The summed E-state index contributed by atoms with van der Waals surface area (Å²) in [6, 6.07) is 5.90. The van der Waals surface area contributed by atoms with E-state index >= 15 is 0 Å². The van der Waals surface area contributed by atoms with Crippen molar-refractivity contribution < 1.29 is 19.1 Å². The van der Waals surface area contributed by atoms with Crippen LogP contribution >= 0.6 is 0 Å². The largest absolute Gasteiger partial charge is 0.482 e. The average Bonchev–Trinajstić information content (AvgIpc) is 3.26. The zero-order chi connectivity index (χ0) is 29.3. The number of hydrogen-bond donors (Lipinski definition) is 0. The molecule has 1 fully saturated rings. The van der Waals surface area contributed by atoms with E-state index in [0.717, 1.165) is 68.4 Å². The number of rotatable bonds is 12. The molecule has 2 rings (SSSR count). The number of hydrogen-bond acceptors (Lipinski definition) is 5. The summed E-state index contributed by atoms with van der Waals surface area (Å²) in [5.41, 5.74) is 4.24. The lowest BCUT2D eigenvalue weighted by atomic mass is 9.90. The van der Waals surface area contributed by atoms with Gasteiger partial charge in [-0.2, -0.15) is 0 Å². The monoisotopic (exact) mass is 529 g/mol. The number of carbonyl (C=O) groups excluding carboxylic acids is 2. The number of aliphatic imine (C=N–C) groups is 1. The fourth-order valence-corrected chi connectivity index (χ4v) is 3.77. The highest BCUT2D eigenvalue weighted by Crippen LogP contribution is 2.36. The number of aryl methyl sites for hydroxylation is 2. The summed E-state index contributed by atoms with van der Waals surface area (Å²) in [6.45, 7) is 24.6. The minimum atomic E-state index is -0.345. The Kier molecular flexibility index (Phi) is 24.5. The number of benzene rings is 1. The van der Waals surface area contributed by atoms with Gasteiger partial charge in [-0.1, -0.05) is 84.4 Å². The first-order valence-electron chi connectivity index (χ1n) is 14.5. The summed E-state index contributed by atoms with van der Waals surface area (Å²) in [7, 11) is 0. The van der Waals surface area contributed by atoms with Crippen LogP contribution in [-0.2, 0) is 20.7 Å². The lowest BCUT2D eigenvalue weighted by Gasteiger charge is -2.13. The summed E-state index contributed by atoms with van der Waals surface area (Å²) < 4.78 is 10.8. The Balaban J connectivity index is 0. The zero-order valence-corrected chi connectivity index (χ0v) is 25.8. The van der Waals surface area contributed by atoms with E-state index in [9.17, 15) is 9.59 Å². The Bertz CT molecular complexity index is 835. The van der Waals surface area contributed by atoms with E-state index in [1.807, 2.05) is 46.0 Å². The fraction of sp³-hybridized carbons (Fsp3) is 0.606. The second-order valence-electron chi connectivity index (χ2n) is 8.80. The molecule has 0 aromatic heterocycles. The van der Waals surface area contributed by atoms with Gasteiger partial charge in [0, 0.05) is 43.9 Å². The van der Waals surface area contributed by atoms with E-state index in [2.05, 4.69) is 51.4 Å². The molecule has 1 aliphatic rings. The van der Waals surface area contributed by atoms with E-state index in [-0.39, 0.29) is 17.8 Å². The van der Waals surface area contributed by atoms with Crippen LogP contribution in [0.1, 0.15) is 109 Å². The molecule has 5 heteroatoms. The van der Waals surface area contributed by atoms with Crippen molar-refractivity contribution in [1.29, 1.82) is 0 Å². The summed E-state index contributed by atoms with van der Waals surface area (Å²) in [5, 5.41) is 0. The standard InChI is InChI=1S/C14H21NO2.C10H12O.C7H16O.C2H6/c1-5-12-13(8-7-9-15-6-2)11(4)17-14(12)10(3)16;1-3-9-6-8(2)4-5-10(9)7-11;1-3-5-7-8-6-4-2;1-2/h8-9,12,14H,4-7H2,1-3H3;4-7H,3H2,1-2H3;3-7H2,1-2H3;1-2H3/b13-8+,15-9?;;;. The molecule has 0 saturated carbocycles. The molecule has 2 atom stereocenters. The van der Waals surface area contributed by atoms with Gasteiger partial charge < -0.3 is 9.47 Å². The molecule has 0 radical (unpaired) electrons. The molecule has 5 nitrogen and oxygen atoms in total. The lowest BCUT2D eigenvalue weighted by molar-refractivity contribution is -0.126. The minimum Gasteiger partial charge on any atom is -0.482 e. The van der Waals surface area contributed by atoms with Crippen LogP contribution in [0.2, 0.25) is 0 Å². The van der Waals surface area contributed by atoms with Crippen LogP contribution in [0.25, 0.3) is 0 Å². The third kappa shape index (κ3) is 15.7. The van der Waals surface area contributed by atoms with Crippen molar-refractivity contribution in [3.05, 3.63) is 58.9 Å². The van der Waals surface area contributed by atoms with Crippen LogP contribution in [0.5, 0.6) is 0 Å². The predicted molar refractivity (Wildman–Crippen MR) is 164 cm³/mol. The van der Waals surface area contributed by atoms with Gasteiger partial charge in [0.25, 0.3) is 0 Å². The van der Waals surface area contributed by atoms with Gasteiger partial charge >= 0.3 is 0 Å². The zero-order valence-electron chi connectivity index (χ0n) is 25.8. The normalized spacial score (nSPS) is 17.0. The Morgan fingerprint density at radius 2 is 1.79 bits per heavy atom. The lowest BCUT2D eigenvalue weighted by Crippen LogP contribution is -2.24. The topological polar surface area (TPSA) is 65.0 Å². The Hall–Kier alpha value is -2.53. The first-order chi connectivity index (χ1) is 18.3. The van der Waals surface area contributed by atoms with E-state index < -0.39 is 0 Å². The maximum Gasteiger partial charge on any atom is 0.170 e. The van der Waals surface area contributed by atoms with E-state index in [0.29, 0.717) is 5.76 Å². The molecule has 0 amide bonds. The van der Waals surface area contributed by atoms with Crippen LogP contribution in [0.3, 0.4) is 0 Å². The quantitative estimate of drug-likeness (QED) is 0.155. The molecule has 0 aliphatic carbocycles. The maximum atomic E-state index is 11.5. The number of unbranched alkanes of at least 4 members (excludes halogenated alkanes) is 1. The Morgan fingerprint density at radius 3 is 2.29 bits per heavy atom. The van der Waals surface area contributed by atoms with Gasteiger partial charge in [0.2, 0.25) is 0 Å². The van der Waals surface area contributed by atoms with Gasteiger partial charge in [-0.3, -0.25) is 14.6 Å². The third-order valence-corrected chi connectivity index (χ3v) is 5.75. The third-order valence-electron chi connectivity index (χ3n) is 5.75. The first-order valence-corrected chi connectivity index (χ1v) is 14.5. The Labute approximate surface area is 233 Å². The molecule has 0 bridgehead atoms. The molecule has 38 heavy (non-hydrogen) atoms. The molecule has 1 aromatic rings. The summed E-state index contributed by atoms with van der Waals surface area (Å²) in [4.78, 5) is 26.1. The highest BCUT2D eigenvalue weighted by Gasteiger charge is 2.37. The summed E-state index contributed by atoms with van der Waals surface area (Å²) in [6.07, 6.45) is 10.7. The molecular weight excluding hydrogens is 474 g/mol. The van der Waals surface area contributed by atoms with E-state index in [4.69, 9.17) is 9.47 Å². The van der Waals surface area contributed by atoms with Crippen molar-refractivity contribution in [2.75, 3.05) is 19.8 Å². The van der Waals surface area contributed by atoms with Crippen LogP contribution in [-0.4, -0.2) is 44.1 Å². The maximum absolute atomic E-state index is 11.5. The first kappa shape index (κ1) is 37.6. The number of ketones is 1. The number of Topliss-reactive ketones (excluding diaryl/α,β-unsaturated/α-hetero) is 1. The smallest absolute Gasteiger partial charge is 0.170 e. The van der Waals surface area contributed by atoms with Gasteiger partial charge in [0.15, 0.2) is 11.9 Å². The molecule has 1 aromatic carbocycles. The molecule has 1 heterocycles. The van der Waals surface area contributed by atoms with Crippen molar-refractivity contribution >= 4 is 18.3 Å². The highest BCUT2D eigenvalue weighted by molar-refractivity contribution is 5.82. The number of ether oxygens (including phenoxy) is 2. The average molecular weight is 530 g/mol. The predicted octanol–water partition coefficient (Wildman–Crippen LogP) is 8.53. The van der Waals surface area contributed by atoms with Crippen LogP contribution in [0.4, 0.5) is 0 Å². The van der Waals surface area contributed by atoms with Crippen molar-refractivity contribution in [2.45, 2.75) is 107 Å². The van der Waals surface area contributed by atoms with Crippen molar-refractivity contribution in [3.8, 4) is 0 Å². The van der Waals surface area contributed by atoms with Gasteiger partial charge in [-0.25, -0.2) is 0 Å². The molecule has 0 spiro atoms. The van der Waals surface area contributed by atoms with Crippen molar-refractivity contribution in [2.24, 2.45) is 10.9 Å². The minimum absolute atomic E-state index is 0.0728. The molecule has 1 aliphatic heterocycles. The second-order valence-corrected chi connectivity index (χ2v) is 8.80. The summed E-state index contributed by atoms with van der Waals surface area (Å²) in [5.74, 6) is 0.862. The molecular formula is C33H55NO4. The van der Waals surface area contributed by atoms with E-state index in [1.165, 1.54) is 18.4 Å². The molecule has 2 unspecified atom stereocenters. The van der Waals surface area contributed by atoms with Crippen molar-refractivity contribution in [1.82, 2.24) is 0 Å². The number of carbonyl (C=O) groups is 2. The second kappa shape index (κ2) is 24.8. The number of allylic oxidation sites excluding steroid dienone is 2. The molecule has 0 N–H and O–H groups in total. The van der Waals surface area contributed by atoms with Gasteiger partial charge in [0.1, 0.15) is 12.0 Å². The van der Waals surface area contributed by atoms with Gasteiger partial charge in [0.05, 0.1) is 0 Å². The number of aldehydes is 1. The molecule has 216 valence electrons. The summed E-state index contributed by atoms with van der Waals surface area (Å²) >= 11 is 0. The van der Waals surface area contributed by atoms with E-state index in [1.54, 1.807) is 6.92 Å². The number of nitrogens with zero attached hydrogens (tertiary/aromatic N) is 1. The Morgan fingerprint density at radius 1 is 1.11 bits per heavy atom. The van der Waals surface area contributed by atoms with Gasteiger partial charge in [-0.15, -0.1) is 0 Å². The van der Waals surface area contributed by atoms with Crippen molar-refractivity contribution in [3.63, 3.8) is 0 Å². The van der Waals surface area contributed by atoms with Crippen LogP contribution < -0.4 is 0 Å².